The third-order valence-corrected chi connectivity index (χ3v) is 3.58. The minimum absolute atomic E-state index is 0. The van der Waals surface area contributed by atoms with Gasteiger partial charge in [0.2, 0.25) is 0 Å². The van der Waals surface area contributed by atoms with Crippen molar-refractivity contribution >= 4 is 42.5 Å². The number of carbonyl (C=O) groups is 1. The van der Waals surface area contributed by atoms with Gasteiger partial charge in [-0.25, -0.2) is 0 Å². The van der Waals surface area contributed by atoms with Crippen molar-refractivity contribution in [3.8, 4) is 0 Å². The van der Waals surface area contributed by atoms with E-state index in [0.29, 0.717) is 12.5 Å². The summed E-state index contributed by atoms with van der Waals surface area (Å²) >= 11 is 4.29. The average Bonchev–Trinajstić information content (AvgIpc) is 2.35. The summed E-state index contributed by atoms with van der Waals surface area (Å²) in [6.07, 6.45) is 7.62. The van der Waals surface area contributed by atoms with Crippen LogP contribution in [0.1, 0.15) is 65.7 Å². The van der Waals surface area contributed by atoms with Crippen LogP contribution >= 0.6 is 12.6 Å². The minimum atomic E-state index is -0.237. The van der Waals surface area contributed by atoms with Crippen LogP contribution in [-0.4, -0.2) is 41.7 Å². The van der Waals surface area contributed by atoms with Crippen molar-refractivity contribution in [1.29, 1.82) is 0 Å². The first-order valence-electron chi connectivity index (χ1n) is 7.00. The van der Waals surface area contributed by atoms with Crippen LogP contribution in [0.3, 0.4) is 0 Å². The summed E-state index contributed by atoms with van der Waals surface area (Å²) in [5, 5.41) is -0.237. The molecule has 0 bridgehead atoms. The van der Waals surface area contributed by atoms with E-state index in [1.54, 1.807) is 0 Å². The quantitative estimate of drug-likeness (QED) is 0.357. The van der Waals surface area contributed by atoms with E-state index < -0.39 is 0 Å². The Morgan fingerprint density at radius 2 is 1.67 bits per heavy atom. The van der Waals surface area contributed by atoms with Gasteiger partial charge in [-0.3, -0.25) is 4.79 Å². The molecule has 4 heteroatoms. The zero-order valence-corrected chi connectivity index (χ0v) is 12.5. The predicted octanol–water partition coefficient (Wildman–Crippen LogP) is 2.78. The molecule has 0 saturated heterocycles. The molecule has 18 heavy (non-hydrogen) atoms. The van der Waals surface area contributed by atoms with Crippen LogP contribution in [0.4, 0.5) is 0 Å². The van der Waals surface area contributed by atoms with Gasteiger partial charge in [0.1, 0.15) is 0 Å². The number of rotatable bonds is 10. The molecule has 0 fully saturated rings. The Morgan fingerprint density at radius 1 is 1.11 bits per heavy atom. The molecule has 2 nitrogen and oxygen atoms in total. The first-order valence-corrected chi connectivity index (χ1v) is 7.51. The maximum atomic E-state index is 11.6. The van der Waals surface area contributed by atoms with Crippen molar-refractivity contribution in [1.82, 2.24) is 0 Å². The molecule has 0 heterocycles. The number of unbranched alkanes of at least 4 members (excludes halogenated alkanes) is 2. The normalized spacial score (nSPS) is 13.6. The molecule has 0 amide bonds. The Kier molecular flexibility index (Phi) is 16.3. The fraction of sp³-hybridized carbons (Fsp3) is 0.929. The van der Waals surface area contributed by atoms with Gasteiger partial charge in [-0.05, 0) is 18.8 Å². The fourth-order valence-corrected chi connectivity index (χ4v) is 1.97. The molecule has 0 spiro atoms. The van der Waals surface area contributed by atoms with Crippen LogP contribution in [0.2, 0.25) is 0 Å². The average molecular weight is 383 g/mol. The second-order valence-corrected chi connectivity index (χ2v) is 5.33. The molecular formula is C14H32O2SSn. The van der Waals surface area contributed by atoms with E-state index in [1.807, 2.05) is 0 Å². The van der Waals surface area contributed by atoms with Gasteiger partial charge >= 0.3 is 29.9 Å². The van der Waals surface area contributed by atoms with Crippen LogP contribution in [0.15, 0.2) is 0 Å². The van der Waals surface area contributed by atoms with Gasteiger partial charge in [-0.15, -0.1) is 0 Å². The number of hydrogen-bond acceptors (Lipinski definition) is 3. The molecule has 0 aliphatic heterocycles. The molecule has 0 aromatic heterocycles. The van der Waals surface area contributed by atoms with Crippen LogP contribution < -0.4 is 0 Å². The maximum absolute atomic E-state index is 11.6. The molecule has 0 aromatic carbocycles. The molecule has 2 atom stereocenters. The van der Waals surface area contributed by atoms with Gasteiger partial charge in [-0.1, -0.05) is 52.9 Å². The number of hydrogen-bond donors (Lipinski definition) is 1. The Labute approximate surface area is 135 Å². The second kappa shape index (κ2) is 14.0. The number of thiol groups is 1. The van der Waals surface area contributed by atoms with E-state index in [4.69, 9.17) is 4.74 Å². The first-order chi connectivity index (χ1) is 8.15. The molecule has 110 valence electrons. The van der Waals surface area contributed by atoms with Crippen molar-refractivity contribution in [2.24, 2.45) is 5.92 Å². The molecule has 0 rings (SSSR count). The van der Waals surface area contributed by atoms with E-state index >= 15 is 0 Å². The summed E-state index contributed by atoms with van der Waals surface area (Å²) in [6, 6.07) is 0. The zero-order valence-electron chi connectivity index (χ0n) is 11.6. The van der Waals surface area contributed by atoms with Crippen molar-refractivity contribution in [3.05, 3.63) is 0 Å². The van der Waals surface area contributed by atoms with Gasteiger partial charge in [-0.2, -0.15) is 12.6 Å². The van der Waals surface area contributed by atoms with E-state index in [-0.39, 0.29) is 35.1 Å². The van der Waals surface area contributed by atoms with Gasteiger partial charge in [0.05, 0.1) is 11.9 Å². The Bertz CT molecular complexity index is 200. The standard InChI is InChI=1S/C14H28O2S.Sn.4H/c1-4-7-9-12(6-3)11-16-14(15)13(17)10-8-5-2;;;;;/h12-13,17H,4-11H2,1-3H3;;;;;. The second-order valence-electron chi connectivity index (χ2n) is 4.70. The third kappa shape index (κ3) is 10.5. The molecule has 0 radical (unpaired) electrons. The van der Waals surface area contributed by atoms with E-state index in [0.717, 1.165) is 32.1 Å². The van der Waals surface area contributed by atoms with E-state index in [1.165, 1.54) is 12.8 Å². The van der Waals surface area contributed by atoms with E-state index in [9.17, 15) is 4.79 Å². The van der Waals surface area contributed by atoms with Crippen molar-refractivity contribution in [2.45, 2.75) is 71.0 Å². The first kappa shape index (κ1) is 20.9. The topological polar surface area (TPSA) is 26.3 Å². The van der Waals surface area contributed by atoms with Crippen LogP contribution in [0.5, 0.6) is 0 Å². The molecule has 0 saturated carbocycles. The number of esters is 1. The molecule has 0 aromatic rings. The Morgan fingerprint density at radius 3 is 2.17 bits per heavy atom. The van der Waals surface area contributed by atoms with Crippen molar-refractivity contribution in [2.75, 3.05) is 6.61 Å². The van der Waals surface area contributed by atoms with Crippen LogP contribution in [-0.2, 0) is 9.53 Å². The molecule has 2 unspecified atom stereocenters. The van der Waals surface area contributed by atoms with Crippen LogP contribution in [0.25, 0.3) is 0 Å². The summed E-state index contributed by atoms with van der Waals surface area (Å²) in [5.41, 5.74) is 0. The number of carbonyl (C=O) groups excluding carboxylic acids is 1. The van der Waals surface area contributed by atoms with Crippen molar-refractivity contribution in [3.63, 3.8) is 0 Å². The summed E-state index contributed by atoms with van der Waals surface area (Å²) in [5.74, 6) is 0.377. The molecule has 0 aliphatic rings. The summed E-state index contributed by atoms with van der Waals surface area (Å²) in [7, 11) is 0. The molecular weight excluding hydrogens is 351 g/mol. The molecule has 0 N–H and O–H groups in total. The Hall–Kier alpha value is 0.619. The fourth-order valence-electron chi connectivity index (χ4n) is 1.71. The van der Waals surface area contributed by atoms with Gasteiger partial charge < -0.3 is 4.74 Å². The third-order valence-electron chi connectivity index (χ3n) is 3.11. The van der Waals surface area contributed by atoms with Crippen molar-refractivity contribution < 1.29 is 9.53 Å². The van der Waals surface area contributed by atoms with Gasteiger partial charge in [0.25, 0.3) is 0 Å². The van der Waals surface area contributed by atoms with E-state index in [2.05, 4.69) is 33.4 Å². The summed E-state index contributed by atoms with van der Waals surface area (Å²) < 4.78 is 5.34. The van der Waals surface area contributed by atoms with Crippen LogP contribution in [0, 0.1) is 5.92 Å². The summed E-state index contributed by atoms with van der Waals surface area (Å²) in [6.45, 7) is 7.03. The summed E-state index contributed by atoms with van der Waals surface area (Å²) in [4.78, 5) is 11.6. The number of ether oxygens (including phenoxy) is 1. The zero-order chi connectivity index (χ0) is 13.1. The molecule has 0 aliphatic carbocycles. The predicted molar refractivity (Wildman–Crippen MR) is 87.9 cm³/mol. The SMILES string of the molecule is CCCCC(CC)COC(=O)C(S)CCCC.[SnH4]. The Balaban J connectivity index is 0. The van der Waals surface area contributed by atoms with Gasteiger partial charge in [0, 0.05) is 0 Å². The monoisotopic (exact) mass is 384 g/mol. The van der Waals surface area contributed by atoms with Gasteiger partial charge in [0.15, 0.2) is 0 Å².